The zero-order valence-corrected chi connectivity index (χ0v) is 11.5. The molecule has 0 heterocycles. The normalized spacial score (nSPS) is 10.8. The number of anilines is 1. The van der Waals surface area contributed by atoms with Crippen LogP contribution in [0.15, 0.2) is 35.3 Å². The van der Waals surface area contributed by atoms with Crippen LogP contribution >= 0.6 is 0 Å². The maximum Gasteiger partial charge on any atom is 0.125 e. The minimum atomic E-state index is 0.127. The van der Waals surface area contributed by atoms with Crippen LogP contribution < -0.4 is 11.1 Å². The largest absolute Gasteiger partial charge is 0.388 e. The number of allylic oxidation sites excluding steroid dienone is 1. The Morgan fingerprint density at radius 3 is 2.80 bits per heavy atom. The molecule has 0 aromatic heterocycles. The van der Waals surface area contributed by atoms with Gasteiger partial charge in [0.15, 0.2) is 0 Å². The first-order valence-corrected chi connectivity index (χ1v) is 5.96. The van der Waals surface area contributed by atoms with Gasteiger partial charge >= 0.3 is 0 Å². The highest BCUT2D eigenvalue weighted by atomic mass is 14.9. The molecule has 102 valence electrons. The summed E-state index contributed by atoms with van der Waals surface area (Å²) < 4.78 is 0. The molecule has 0 saturated carbocycles. The summed E-state index contributed by atoms with van der Waals surface area (Å²) in [5.74, 6) is 5.86. The van der Waals surface area contributed by atoms with Gasteiger partial charge in [-0.3, -0.25) is 10.8 Å². The van der Waals surface area contributed by atoms with E-state index in [9.17, 15) is 0 Å². The van der Waals surface area contributed by atoms with Crippen molar-refractivity contribution in [2.75, 3.05) is 12.4 Å². The fourth-order valence-electron chi connectivity index (χ4n) is 1.37. The van der Waals surface area contributed by atoms with Gasteiger partial charge in [0.2, 0.25) is 0 Å². The second-order valence-electron chi connectivity index (χ2n) is 3.96. The van der Waals surface area contributed by atoms with Gasteiger partial charge in [-0.05, 0) is 42.7 Å². The van der Waals surface area contributed by atoms with Gasteiger partial charge in [0.05, 0.1) is 0 Å². The molecular formula is C15H17N5. The minimum absolute atomic E-state index is 0.127. The lowest BCUT2D eigenvalue weighted by molar-refractivity contribution is 1.41. The summed E-state index contributed by atoms with van der Waals surface area (Å²) in [4.78, 5) is 3.55. The number of benzene rings is 1. The highest BCUT2D eigenvalue weighted by Gasteiger charge is 1.96. The SMILES string of the molecule is CNc1ccc(C)c(C#CC(=N)/C=C\C(N)=NC=N)c1. The van der Waals surface area contributed by atoms with Gasteiger partial charge in [0.25, 0.3) is 0 Å². The third-order valence-electron chi connectivity index (χ3n) is 2.49. The van der Waals surface area contributed by atoms with Crippen molar-refractivity contribution in [1.29, 1.82) is 10.8 Å². The summed E-state index contributed by atoms with van der Waals surface area (Å²) in [5, 5.41) is 17.5. The zero-order chi connectivity index (χ0) is 15.0. The summed E-state index contributed by atoms with van der Waals surface area (Å²) in [5.41, 5.74) is 8.49. The van der Waals surface area contributed by atoms with Crippen molar-refractivity contribution in [2.24, 2.45) is 10.7 Å². The number of aryl methyl sites for hydroxylation is 1. The molecule has 0 atom stereocenters. The lowest BCUT2D eigenvalue weighted by atomic mass is 10.1. The topological polar surface area (TPSA) is 98.1 Å². The smallest absolute Gasteiger partial charge is 0.125 e. The Balaban J connectivity index is 2.87. The fourth-order valence-corrected chi connectivity index (χ4v) is 1.37. The Hall–Kier alpha value is -2.87. The summed E-state index contributed by atoms with van der Waals surface area (Å²) in [7, 11) is 1.85. The van der Waals surface area contributed by atoms with Gasteiger partial charge in [0.1, 0.15) is 17.9 Å². The van der Waals surface area contributed by atoms with Crippen LogP contribution in [0.1, 0.15) is 11.1 Å². The average molecular weight is 267 g/mol. The second kappa shape index (κ2) is 7.54. The molecule has 0 amide bonds. The van der Waals surface area contributed by atoms with E-state index in [1.165, 1.54) is 12.2 Å². The van der Waals surface area contributed by atoms with E-state index in [4.69, 9.17) is 16.6 Å². The van der Waals surface area contributed by atoms with Gasteiger partial charge in [0, 0.05) is 18.3 Å². The van der Waals surface area contributed by atoms with Crippen molar-refractivity contribution in [3.63, 3.8) is 0 Å². The number of nitrogens with two attached hydrogens (primary N) is 1. The van der Waals surface area contributed by atoms with Crippen molar-refractivity contribution < 1.29 is 0 Å². The van der Waals surface area contributed by atoms with Crippen LogP contribution in [-0.2, 0) is 0 Å². The van der Waals surface area contributed by atoms with Gasteiger partial charge in [-0.25, -0.2) is 4.99 Å². The number of amidine groups is 1. The zero-order valence-electron chi connectivity index (χ0n) is 11.5. The van der Waals surface area contributed by atoms with Crippen LogP contribution in [0.5, 0.6) is 0 Å². The molecule has 0 fully saturated rings. The molecule has 0 bridgehead atoms. The van der Waals surface area contributed by atoms with E-state index in [0.29, 0.717) is 0 Å². The molecule has 0 aliphatic carbocycles. The molecular weight excluding hydrogens is 250 g/mol. The van der Waals surface area contributed by atoms with Gasteiger partial charge in [-0.15, -0.1) is 0 Å². The van der Waals surface area contributed by atoms with Crippen LogP contribution in [0, 0.1) is 29.6 Å². The highest BCUT2D eigenvalue weighted by molar-refractivity contribution is 6.10. The van der Waals surface area contributed by atoms with Crippen LogP contribution in [0.25, 0.3) is 0 Å². The number of rotatable bonds is 4. The average Bonchev–Trinajstić information content (AvgIpc) is 2.44. The molecule has 5 N–H and O–H groups in total. The maximum atomic E-state index is 7.69. The maximum absolute atomic E-state index is 7.69. The third-order valence-corrected chi connectivity index (χ3v) is 2.49. The van der Waals surface area contributed by atoms with Crippen molar-refractivity contribution in [1.82, 2.24) is 0 Å². The molecule has 1 rings (SSSR count). The summed E-state index contributed by atoms with van der Waals surface area (Å²) in [6.45, 7) is 1.97. The molecule has 1 aromatic carbocycles. The monoisotopic (exact) mass is 267 g/mol. The van der Waals surface area contributed by atoms with Gasteiger partial charge in [-0.1, -0.05) is 12.0 Å². The van der Waals surface area contributed by atoms with Crippen molar-refractivity contribution in [3.8, 4) is 11.8 Å². The predicted octanol–water partition coefficient (Wildman–Crippen LogP) is 1.93. The molecule has 0 spiro atoms. The minimum Gasteiger partial charge on any atom is -0.388 e. The fraction of sp³-hybridized carbons (Fsp3) is 0.133. The molecule has 0 unspecified atom stereocenters. The Bertz CT molecular complexity index is 629. The molecule has 1 aromatic rings. The predicted molar refractivity (Wildman–Crippen MR) is 84.9 cm³/mol. The molecule has 0 aliphatic rings. The first-order valence-electron chi connectivity index (χ1n) is 5.96. The van der Waals surface area contributed by atoms with E-state index in [-0.39, 0.29) is 11.5 Å². The third kappa shape index (κ3) is 4.78. The van der Waals surface area contributed by atoms with Crippen molar-refractivity contribution in [2.45, 2.75) is 6.92 Å². The van der Waals surface area contributed by atoms with Gasteiger partial charge < -0.3 is 11.1 Å². The van der Waals surface area contributed by atoms with Crippen LogP contribution in [0.4, 0.5) is 5.69 Å². The standard InChI is InChI=1S/C15H17N5/c1-11-3-7-14(19-2)9-12(11)4-5-13(17)6-8-15(18)20-10-16/h3,6-10,17,19H,1-2H3,(H3,16,18,20)/b8-6-,17-13?. The van der Waals surface area contributed by atoms with E-state index < -0.39 is 0 Å². The molecule has 5 heteroatoms. The van der Waals surface area contributed by atoms with Gasteiger partial charge in [-0.2, -0.15) is 0 Å². The quantitative estimate of drug-likeness (QED) is 0.381. The summed E-state index contributed by atoms with van der Waals surface area (Å²) >= 11 is 0. The summed E-state index contributed by atoms with van der Waals surface area (Å²) in [6.07, 6.45) is 3.74. The Kier molecular flexibility index (Phi) is 5.73. The van der Waals surface area contributed by atoms with E-state index in [1.54, 1.807) is 0 Å². The molecule has 0 saturated heterocycles. The van der Waals surface area contributed by atoms with Crippen LogP contribution in [-0.4, -0.2) is 24.9 Å². The highest BCUT2D eigenvalue weighted by Crippen LogP contribution is 2.13. The number of nitrogens with zero attached hydrogens (tertiary/aromatic N) is 1. The number of aliphatic imine (C=N–C) groups is 1. The Labute approximate surface area is 118 Å². The van der Waals surface area contributed by atoms with E-state index in [2.05, 4.69) is 22.2 Å². The number of hydrogen-bond acceptors (Lipinski definition) is 3. The lowest BCUT2D eigenvalue weighted by Gasteiger charge is -2.02. The first kappa shape index (κ1) is 15.2. The Morgan fingerprint density at radius 1 is 1.40 bits per heavy atom. The molecule has 0 radical (unpaired) electrons. The number of nitrogens with one attached hydrogen (secondary N) is 3. The lowest BCUT2D eigenvalue weighted by Crippen LogP contribution is -2.08. The molecule has 5 nitrogen and oxygen atoms in total. The van der Waals surface area contributed by atoms with Crippen LogP contribution in [0.2, 0.25) is 0 Å². The summed E-state index contributed by atoms with van der Waals surface area (Å²) in [6, 6.07) is 5.88. The van der Waals surface area contributed by atoms with E-state index >= 15 is 0 Å². The number of hydrogen-bond donors (Lipinski definition) is 4. The van der Waals surface area contributed by atoms with Crippen molar-refractivity contribution in [3.05, 3.63) is 41.5 Å². The molecule has 0 aliphatic heterocycles. The first-order chi connectivity index (χ1) is 9.56. The second-order valence-corrected chi connectivity index (χ2v) is 3.96. The van der Waals surface area contributed by atoms with E-state index in [1.807, 2.05) is 32.2 Å². The van der Waals surface area contributed by atoms with Crippen molar-refractivity contribution >= 4 is 23.6 Å². The molecule has 20 heavy (non-hydrogen) atoms. The van der Waals surface area contributed by atoms with Crippen LogP contribution in [0.3, 0.4) is 0 Å². The Morgan fingerprint density at radius 2 is 2.15 bits per heavy atom. The van der Waals surface area contributed by atoms with E-state index in [0.717, 1.165) is 23.2 Å².